The number of carbonyl (C=O) groups excluding carboxylic acids is 2. The minimum Gasteiger partial charge on any atom is -0.350 e. The first-order valence-corrected chi connectivity index (χ1v) is 8.84. The van der Waals surface area contributed by atoms with Gasteiger partial charge in [-0.25, -0.2) is 0 Å². The summed E-state index contributed by atoms with van der Waals surface area (Å²) >= 11 is 5.99. The van der Waals surface area contributed by atoms with Crippen LogP contribution in [0.1, 0.15) is 36.9 Å². The summed E-state index contributed by atoms with van der Waals surface area (Å²) in [5.74, 6) is -0.226. The maximum atomic E-state index is 12.2. The van der Waals surface area contributed by atoms with Crippen molar-refractivity contribution in [3.63, 3.8) is 0 Å². The Morgan fingerprint density at radius 2 is 2.08 bits per heavy atom. The van der Waals surface area contributed by atoms with Gasteiger partial charge >= 0.3 is 0 Å². The Morgan fingerprint density at radius 1 is 1.28 bits per heavy atom. The smallest absolute Gasteiger partial charge is 0.227 e. The highest BCUT2D eigenvalue weighted by atomic mass is 35.5. The molecule has 0 aliphatic carbocycles. The van der Waals surface area contributed by atoms with Crippen molar-refractivity contribution in [2.24, 2.45) is 5.92 Å². The zero-order valence-electron chi connectivity index (χ0n) is 14.1. The van der Waals surface area contributed by atoms with Gasteiger partial charge in [-0.05, 0) is 49.1 Å². The Balaban J connectivity index is 1.53. The molecule has 3 rings (SSSR count). The number of para-hydroxylation sites is 1. The lowest BCUT2D eigenvalue weighted by Gasteiger charge is -2.24. The fourth-order valence-electron chi connectivity index (χ4n) is 3.12. The predicted molar refractivity (Wildman–Crippen MR) is 99.5 cm³/mol. The van der Waals surface area contributed by atoms with Crippen molar-refractivity contribution < 1.29 is 9.59 Å². The van der Waals surface area contributed by atoms with Crippen molar-refractivity contribution in [2.45, 2.75) is 32.2 Å². The maximum Gasteiger partial charge on any atom is 0.227 e. The molecule has 1 aliphatic heterocycles. The number of anilines is 1. The molecule has 0 fully saturated rings. The van der Waals surface area contributed by atoms with E-state index in [-0.39, 0.29) is 23.8 Å². The zero-order chi connectivity index (χ0) is 17.8. The second-order valence-corrected chi connectivity index (χ2v) is 6.87. The lowest BCUT2D eigenvalue weighted by Crippen LogP contribution is -2.32. The highest BCUT2D eigenvalue weighted by Crippen LogP contribution is 2.27. The number of nitrogens with one attached hydrogen (secondary N) is 2. The Bertz CT molecular complexity index is 791. The van der Waals surface area contributed by atoms with Crippen molar-refractivity contribution in [3.8, 4) is 0 Å². The fourth-order valence-corrected chi connectivity index (χ4v) is 3.32. The highest BCUT2D eigenvalue weighted by Gasteiger charge is 2.26. The Morgan fingerprint density at radius 3 is 2.88 bits per heavy atom. The number of carbonyl (C=O) groups is 2. The molecule has 5 heteroatoms. The Hall–Kier alpha value is -2.33. The lowest BCUT2D eigenvalue weighted by molar-refractivity contribution is -0.123. The summed E-state index contributed by atoms with van der Waals surface area (Å²) in [6.07, 6.45) is 1.54. The number of hydrogen-bond donors (Lipinski definition) is 2. The predicted octanol–water partition coefficient (Wildman–Crippen LogP) is 4.11. The van der Waals surface area contributed by atoms with Gasteiger partial charge in [0, 0.05) is 23.0 Å². The van der Waals surface area contributed by atoms with Gasteiger partial charge in [0.2, 0.25) is 11.8 Å². The molecule has 0 bridgehead atoms. The molecule has 2 aromatic rings. The van der Waals surface area contributed by atoms with Gasteiger partial charge in [0.1, 0.15) is 0 Å². The van der Waals surface area contributed by atoms with Crippen LogP contribution in [0.2, 0.25) is 5.02 Å². The maximum absolute atomic E-state index is 12.2. The minimum atomic E-state index is -0.165. The molecular weight excluding hydrogens is 336 g/mol. The molecule has 0 spiro atoms. The van der Waals surface area contributed by atoms with Gasteiger partial charge in [-0.3, -0.25) is 9.59 Å². The molecule has 130 valence electrons. The van der Waals surface area contributed by atoms with Gasteiger partial charge in [-0.1, -0.05) is 41.9 Å². The van der Waals surface area contributed by atoms with E-state index in [0.717, 1.165) is 16.8 Å². The number of fused-ring (bicyclic) bond motifs is 1. The van der Waals surface area contributed by atoms with E-state index in [9.17, 15) is 9.59 Å². The monoisotopic (exact) mass is 356 g/mol. The van der Waals surface area contributed by atoms with Crippen LogP contribution >= 0.6 is 11.6 Å². The molecule has 2 unspecified atom stereocenters. The molecule has 1 heterocycles. The van der Waals surface area contributed by atoms with Gasteiger partial charge in [0.15, 0.2) is 0 Å². The van der Waals surface area contributed by atoms with Crippen LogP contribution in [-0.4, -0.2) is 11.8 Å². The molecule has 2 amide bonds. The summed E-state index contributed by atoms with van der Waals surface area (Å²) in [5, 5.41) is 6.54. The van der Waals surface area contributed by atoms with E-state index in [1.165, 1.54) is 0 Å². The topological polar surface area (TPSA) is 58.2 Å². The van der Waals surface area contributed by atoms with Crippen LogP contribution in [0, 0.1) is 5.92 Å². The van der Waals surface area contributed by atoms with Gasteiger partial charge in [-0.2, -0.15) is 0 Å². The van der Waals surface area contributed by atoms with Gasteiger partial charge in [-0.15, -0.1) is 0 Å². The van der Waals surface area contributed by atoms with Crippen molar-refractivity contribution in [3.05, 3.63) is 64.7 Å². The second-order valence-electron chi connectivity index (χ2n) is 6.43. The molecule has 0 saturated carbocycles. The molecule has 2 N–H and O–H groups in total. The third-order valence-corrected chi connectivity index (χ3v) is 4.79. The molecular formula is C20H21ClN2O2. The van der Waals surface area contributed by atoms with Gasteiger partial charge in [0.05, 0.1) is 6.04 Å². The van der Waals surface area contributed by atoms with Crippen LogP contribution in [0.5, 0.6) is 0 Å². The number of amides is 2. The van der Waals surface area contributed by atoms with E-state index >= 15 is 0 Å². The zero-order valence-corrected chi connectivity index (χ0v) is 14.8. The first kappa shape index (κ1) is 17.5. The quantitative estimate of drug-likeness (QED) is 0.847. The summed E-state index contributed by atoms with van der Waals surface area (Å²) in [5.41, 5.74) is 2.97. The Labute approximate surface area is 152 Å². The van der Waals surface area contributed by atoms with E-state index in [2.05, 4.69) is 10.6 Å². The number of benzene rings is 2. The molecule has 0 aromatic heterocycles. The highest BCUT2D eigenvalue weighted by molar-refractivity contribution is 6.30. The minimum absolute atomic E-state index is 0.00519. The molecule has 2 atom stereocenters. The van der Waals surface area contributed by atoms with Crippen LogP contribution in [0.3, 0.4) is 0 Å². The molecule has 4 nitrogen and oxygen atoms in total. The molecule has 1 aliphatic rings. The second kappa shape index (κ2) is 7.70. The van der Waals surface area contributed by atoms with Gasteiger partial charge in [0.25, 0.3) is 0 Å². The van der Waals surface area contributed by atoms with Crippen LogP contribution in [-0.2, 0) is 16.0 Å². The first-order chi connectivity index (χ1) is 12.0. The fraction of sp³-hybridized carbons (Fsp3) is 0.300. The third-order valence-electron chi connectivity index (χ3n) is 4.56. The average Bonchev–Trinajstić information content (AvgIpc) is 2.60. The van der Waals surface area contributed by atoms with Crippen LogP contribution in [0.4, 0.5) is 5.69 Å². The van der Waals surface area contributed by atoms with E-state index in [0.29, 0.717) is 24.3 Å². The summed E-state index contributed by atoms with van der Waals surface area (Å²) in [6.45, 7) is 1.92. The van der Waals surface area contributed by atoms with E-state index in [1.54, 1.807) is 6.07 Å². The lowest BCUT2D eigenvalue weighted by atomic mass is 9.89. The molecule has 25 heavy (non-hydrogen) atoms. The SMILES string of the molecule is CC(NC(=O)CCC1Cc2ccccc2NC1=O)c1cccc(Cl)c1. The van der Waals surface area contributed by atoms with E-state index in [1.807, 2.05) is 49.4 Å². The van der Waals surface area contributed by atoms with Crippen LogP contribution in [0.15, 0.2) is 48.5 Å². The van der Waals surface area contributed by atoms with Crippen molar-refractivity contribution in [2.75, 3.05) is 5.32 Å². The summed E-state index contributed by atoms with van der Waals surface area (Å²) in [4.78, 5) is 24.4. The number of halogens is 1. The average molecular weight is 357 g/mol. The molecule has 0 radical (unpaired) electrons. The largest absolute Gasteiger partial charge is 0.350 e. The van der Waals surface area contributed by atoms with Gasteiger partial charge < -0.3 is 10.6 Å². The van der Waals surface area contributed by atoms with Crippen molar-refractivity contribution >= 4 is 29.1 Å². The van der Waals surface area contributed by atoms with Crippen LogP contribution in [0.25, 0.3) is 0 Å². The van der Waals surface area contributed by atoms with Crippen molar-refractivity contribution in [1.82, 2.24) is 5.32 Å². The first-order valence-electron chi connectivity index (χ1n) is 8.46. The van der Waals surface area contributed by atoms with Crippen molar-refractivity contribution in [1.29, 1.82) is 0 Å². The number of hydrogen-bond acceptors (Lipinski definition) is 2. The number of rotatable bonds is 5. The molecule has 0 saturated heterocycles. The normalized spacial score (nSPS) is 17.4. The molecule has 2 aromatic carbocycles. The van der Waals surface area contributed by atoms with E-state index < -0.39 is 0 Å². The summed E-state index contributed by atoms with van der Waals surface area (Å²) in [6, 6.07) is 15.1. The van der Waals surface area contributed by atoms with Crippen LogP contribution < -0.4 is 10.6 Å². The standard InChI is InChI=1S/C20H21ClN2O2/c1-13(14-6-4-7-17(21)12-14)22-19(24)10-9-16-11-15-5-2-3-8-18(15)23-20(16)25/h2-8,12-13,16H,9-11H2,1H3,(H,22,24)(H,23,25). The third kappa shape index (κ3) is 4.40. The van der Waals surface area contributed by atoms with E-state index in [4.69, 9.17) is 11.6 Å². The summed E-state index contributed by atoms with van der Waals surface area (Å²) < 4.78 is 0. The Kier molecular flexibility index (Phi) is 5.39. The summed E-state index contributed by atoms with van der Waals surface area (Å²) in [7, 11) is 0.